The van der Waals surface area contributed by atoms with Gasteiger partial charge < -0.3 is 24.3 Å². The van der Waals surface area contributed by atoms with Crippen molar-refractivity contribution >= 4 is 12.1 Å². The summed E-state index contributed by atoms with van der Waals surface area (Å²) in [5.74, 6) is 0.780. The SMILES string of the molecule is COC(=O)COc1cc2c(cc1OC)[C@H]1C[C@@H](NC(=O)OC(C)(C)C)[C@H](c3cc(C)ccc3C)CN1CC2. The number of methoxy groups -OCH3 is 2. The van der Waals surface area contributed by atoms with E-state index >= 15 is 0 Å². The molecule has 1 fully saturated rings. The minimum Gasteiger partial charge on any atom is -0.493 e. The fourth-order valence-electron chi connectivity index (χ4n) is 5.60. The van der Waals surface area contributed by atoms with E-state index in [1.165, 1.54) is 23.8 Å². The molecule has 1 amide bonds. The molecule has 0 spiro atoms. The summed E-state index contributed by atoms with van der Waals surface area (Å²) in [6.45, 7) is 11.4. The molecule has 8 heteroatoms. The van der Waals surface area contributed by atoms with Gasteiger partial charge in [-0.2, -0.15) is 0 Å². The van der Waals surface area contributed by atoms with Crippen molar-refractivity contribution in [2.75, 3.05) is 33.9 Å². The highest BCUT2D eigenvalue weighted by molar-refractivity contribution is 5.71. The van der Waals surface area contributed by atoms with Gasteiger partial charge in [-0.15, -0.1) is 0 Å². The molecule has 0 aromatic heterocycles. The first-order chi connectivity index (χ1) is 18.0. The van der Waals surface area contributed by atoms with Crippen LogP contribution in [0.15, 0.2) is 30.3 Å². The summed E-state index contributed by atoms with van der Waals surface area (Å²) in [6, 6.07) is 10.5. The largest absolute Gasteiger partial charge is 0.493 e. The number of esters is 1. The van der Waals surface area contributed by atoms with Crippen molar-refractivity contribution in [3.8, 4) is 11.5 Å². The number of hydrogen-bond acceptors (Lipinski definition) is 7. The third-order valence-electron chi connectivity index (χ3n) is 7.40. The molecule has 4 rings (SSSR count). The number of benzene rings is 2. The van der Waals surface area contributed by atoms with Crippen LogP contribution in [-0.2, 0) is 20.7 Å². The number of hydrogen-bond donors (Lipinski definition) is 1. The molecule has 0 radical (unpaired) electrons. The van der Waals surface area contributed by atoms with Crippen LogP contribution in [0.2, 0.25) is 0 Å². The molecule has 3 atom stereocenters. The quantitative estimate of drug-likeness (QED) is 0.541. The van der Waals surface area contributed by atoms with E-state index in [1.54, 1.807) is 7.11 Å². The lowest BCUT2D eigenvalue weighted by atomic mass is 9.76. The second kappa shape index (κ2) is 11.2. The zero-order valence-corrected chi connectivity index (χ0v) is 23.6. The van der Waals surface area contributed by atoms with Crippen LogP contribution in [0.5, 0.6) is 11.5 Å². The molecule has 2 aliphatic rings. The number of carbonyl (C=O) groups excluding carboxylic acids is 2. The molecule has 2 aromatic carbocycles. The molecule has 0 unspecified atom stereocenters. The first-order valence-electron chi connectivity index (χ1n) is 13.2. The average Bonchev–Trinajstić information content (AvgIpc) is 2.86. The Morgan fingerprint density at radius 1 is 1.05 bits per heavy atom. The maximum atomic E-state index is 12.9. The molecule has 1 N–H and O–H groups in total. The Morgan fingerprint density at radius 3 is 2.50 bits per heavy atom. The van der Waals surface area contributed by atoms with Crippen molar-refractivity contribution in [1.82, 2.24) is 10.2 Å². The smallest absolute Gasteiger partial charge is 0.407 e. The number of ether oxygens (including phenoxy) is 4. The van der Waals surface area contributed by atoms with Crippen LogP contribution in [0.4, 0.5) is 4.79 Å². The van der Waals surface area contributed by atoms with E-state index in [9.17, 15) is 9.59 Å². The third-order valence-corrected chi connectivity index (χ3v) is 7.40. The minimum atomic E-state index is -0.578. The van der Waals surface area contributed by atoms with E-state index < -0.39 is 17.7 Å². The summed E-state index contributed by atoms with van der Waals surface area (Å²) >= 11 is 0. The van der Waals surface area contributed by atoms with Crippen LogP contribution in [-0.4, -0.2) is 62.5 Å². The highest BCUT2D eigenvalue weighted by atomic mass is 16.6. The number of amides is 1. The maximum absolute atomic E-state index is 12.9. The molecule has 2 aromatic rings. The Kier molecular flexibility index (Phi) is 8.21. The Hall–Kier alpha value is -3.26. The first-order valence-corrected chi connectivity index (χ1v) is 13.2. The lowest BCUT2D eigenvalue weighted by Gasteiger charge is -2.48. The van der Waals surface area contributed by atoms with E-state index in [4.69, 9.17) is 18.9 Å². The molecule has 206 valence electrons. The monoisotopic (exact) mass is 524 g/mol. The molecular weight excluding hydrogens is 484 g/mol. The average molecular weight is 525 g/mol. The van der Waals surface area contributed by atoms with Crippen molar-refractivity contribution in [2.45, 2.75) is 71.1 Å². The lowest BCUT2D eigenvalue weighted by molar-refractivity contribution is -0.142. The van der Waals surface area contributed by atoms with E-state index in [0.717, 1.165) is 37.1 Å². The summed E-state index contributed by atoms with van der Waals surface area (Å²) in [5, 5.41) is 3.22. The lowest BCUT2D eigenvalue weighted by Crippen LogP contribution is -2.53. The van der Waals surface area contributed by atoms with Crippen LogP contribution in [0, 0.1) is 13.8 Å². The summed E-state index contributed by atoms with van der Waals surface area (Å²) < 4.78 is 21.7. The van der Waals surface area contributed by atoms with E-state index in [1.807, 2.05) is 32.9 Å². The van der Waals surface area contributed by atoms with Crippen molar-refractivity contribution in [2.24, 2.45) is 0 Å². The molecule has 0 aliphatic carbocycles. The normalized spacial score (nSPS) is 21.1. The number of fused-ring (bicyclic) bond motifs is 3. The number of aryl methyl sites for hydroxylation is 2. The zero-order valence-electron chi connectivity index (χ0n) is 23.6. The topological polar surface area (TPSA) is 86.3 Å². The molecular formula is C30H40N2O6. The van der Waals surface area contributed by atoms with Crippen molar-refractivity contribution in [3.05, 3.63) is 58.1 Å². The summed E-state index contributed by atoms with van der Waals surface area (Å²) in [5.41, 5.74) is 5.44. The standard InChI is InChI=1S/C30H40N2O6/c1-18-8-9-19(2)21(12-18)23-16-32-11-10-20-13-27(37-17-28(33)36-7)26(35-6)14-22(20)25(32)15-24(23)31-29(34)38-30(3,4)5/h8-9,12-14,23-25H,10-11,15-17H2,1-7H3,(H,31,34)/t23-,24+,25+/m0/s1. The predicted molar refractivity (Wildman–Crippen MR) is 145 cm³/mol. The number of piperidine rings is 1. The first kappa shape index (κ1) is 27.8. The fraction of sp³-hybridized carbons (Fsp3) is 0.533. The van der Waals surface area contributed by atoms with Crippen molar-refractivity contribution in [1.29, 1.82) is 0 Å². The van der Waals surface area contributed by atoms with Crippen LogP contribution in [0.1, 0.15) is 67.0 Å². The Morgan fingerprint density at radius 2 is 1.82 bits per heavy atom. The van der Waals surface area contributed by atoms with Crippen molar-refractivity contribution in [3.63, 3.8) is 0 Å². The Balaban J connectivity index is 1.66. The molecule has 8 nitrogen and oxygen atoms in total. The van der Waals surface area contributed by atoms with Gasteiger partial charge in [0.15, 0.2) is 18.1 Å². The van der Waals surface area contributed by atoms with Gasteiger partial charge in [0.1, 0.15) is 5.60 Å². The van der Waals surface area contributed by atoms with Gasteiger partial charge in [-0.1, -0.05) is 23.8 Å². The number of alkyl carbamates (subject to hydrolysis) is 1. The number of nitrogens with zero attached hydrogens (tertiary/aromatic N) is 1. The van der Waals surface area contributed by atoms with E-state index in [2.05, 4.69) is 42.3 Å². The van der Waals surface area contributed by atoms with Gasteiger partial charge in [0.05, 0.1) is 14.2 Å². The zero-order chi connectivity index (χ0) is 27.6. The summed E-state index contributed by atoms with van der Waals surface area (Å²) in [4.78, 5) is 27.1. The Bertz CT molecular complexity index is 1190. The van der Waals surface area contributed by atoms with Gasteiger partial charge >= 0.3 is 12.1 Å². The van der Waals surface area contributed by atoms with E-state index in [0.29, 0.717) is 11.5 Å². The van der Waals surface area contributed by atoms with Crippen LogP contribution >= 0.6 is 0 Å². The van der Waals surface area contributed by atoms with Gasteiger partial charge in [0.25, 0.3) is 0 Å². The molecule has 0 saturated carbocycles. The summed E-state index contributed by atoms with van der Waals surface area (Å²) in [6.07, 6.45) is 1.19. The Labute approximate surface area is 225 Å². The minimum absolute atomic E-state index is 0.101. The predicted octanol–water partition coefficient (Wildman–Crippen LogP) is 4.84. The molecule has 1 saturated heterocycles. The van der Waals surface area contributed by atoms with Crippen LogP contribution in [0.3, 0.4) is 0 Å². The van der Waals surface area contributed by atoms with Crippen molar-refractivity contribution < 1.29 is 28.5 Å². The van der Waals surface area contributed by atoms with Gasteiger partial charge in [-0.25, -0.2) is 9.59 Å². The van der Waals surface area contributed by atoms with Gasteiger partial charge in [0.2, 0.25) is 0 Å². The van der Waals surface area contributed by atoms with Gasteiger partial charge in [-0.3, -0.25) is 4.90 Å². The van der Waals surface area contributed by atoms with Crippen LogP contribution in [0.25, 0.3) is 0 Å². The maximum Gasteiger partial charge on any atom is 0.407 e. The summed E-state index contributed by atoms with van der Waals surface area (Å²) in [7, 11) is 2.93. The number of rotatable bonds is 6. The molecule has 0 bridgehead atoms. The fourth-order valence-corrected chi connectivity index (χ4v) is 5.60. The van der Waals surface area contributed by atoms with Crippen LogP contribution < -0.4 is 14.8 Å². The molecule has 2 aliphatic heterocycles. The molecule has 38 heavy (non-hydrogen) atoms. The second-order valence-corrected chi connectivity index (χ2v) is 11.3. The number of carbonyl (C=O) groups is 2. The third kappa shape index (κ3) is 6.23. The highest BCUT2D eigenvalue weighted by Gasteiger charge is 2.41. The van der Waals surface area contributed by atoms with Gasteiger partial charge in [-0.05, 0) is 81.8 Å². The molecule has 2 heterocycles. The highest BCUT2D eigenvalue weighted by Crippen LogP contribution is 2.45. The second-order valence-electron chi connectivity index (χ2n) is 11.3. The van der Waals surface area contributed by atoms with Gasteiger partial charge in [0, 0.05) is 31.1 Å². The van der Waals surface area contributed by atoms with E-state index in [-0.39, 0.29) is 24.6 Å². The number of nitrogens with one attached hydrogen (secondary N) is 1.